The van der Waals surface area contributed by atoms with Crippen molar-refractivity contribution < 1.29 is 12.9 Å². The fraction of sp³-hybridized carbons (Fsp3) is 0.105. The monoisotopic (exact) mass is 412 g/mol. The van der Waals surface area contributed by atoms with E-state index in [1.54, 1.807) is 41.9 Å². The van der Waals surface area contributed by atoms with Crippen molar-refractivity contribution in [3.05, 3.63) is 77.6 Å². The molecule has 4 rings (SSSR count). The smallest absolute Gasteiger partial charge is 0.266 e. The number of sulfonamides is 1. The van der Waals surface area contributed by atoms with Crippen molar-refractivity contribution in [3.8, 4) is 11.5 Å². The zero-order valence-electron chi connectivity index (χ0n) is 14.9. The van der Waals surface area contributed by atoms with E-state index in [1.807, 2.05) is 31.2 Å². The number of aryl methyl sites for hydroxylation is 1. The largest absolute Gasteiger partial charge is 0.334 e. The molecule has 142 valence electrons. The van der Waals surface area contributed by atoms with Gasteiger partial charge in [0.05, 0.1) is 4.90 Å². The van der Waals surface area contributed by atoms with E-state index < -0.39 is 10.0 Å². The van der Waals surface area contributed by atoms with Crippen molar-refractivity contribution in [2.75, 3.05) is 4.31 Å². The summed E-state index contributed by atoms with van der Waals surface area (Å²) >= 11 is 1.23. The van der Waals surface area contributed by atoms with Gasteiger partial charge in [0.25, 0.3) is 15.9 Å². The highest BCUT2D eigenvalue weighted by atomic mass is 32.2. The summed E-state index contributed by atoms with van der Waals surface area (Å²) < 4.78 is 32.8. The van der Waals surface area contributed by atoms with E-state index in [0.717, 1.165) is 11.1 Å². The van der Waals surface area contributed by atoms with Crippen LogP contribution in [0.4, 0.5) is 5.13 Å². The third kappa shape index (κ3) is 3.67. The second-order valence-corrected chi connectivity index (χ2v) is 8.76. The average molecular weight is 412 g/mol. The molecule has 0 N–H and O–H groups in total. The van der Waals surface area contributed by atoms with E-state index >= 15 is 0 Å². The van der Waals surface area contributed by atoms with Crippen LogP contribution < -0.4 is 4.31 Å². The quantitative estimate of drug-likeness (QED) is 0.477. The van der Waals surface area contributed by atoms with Gasteiger partial charge in [0, 0.05) is 17.1 Å². The predicted molar refractivity (Wildman–Crippen MR) is 106 cm³/mol. The van der Waals surface area contributed by atoms with Gasteiger partial charge in [-0.1, -0.05) is 41.1 Å². The summed E-state index contributed by atoms with van der Waals surface area (Å²) in [5.74, 6) is 0.594. The summed E-state index contributed by atoms with van der Waals surface area (Å²) in [7, 11) is -3.82. The van der Waals surface area contributed by atoms with Crippen LogP contribution >= 0.6 is 11.3 Å². The van der Waals surface area contributed by atoms with Crippen molar-refractivity contribution in [2.45, 2.75) is 18.4 Å². The van der Waals surface area contributed by atoms with E-state index in [1.165, 1.54) is 15.6 Å². The maximum absolute atomic E-state index is 13.2. The lowest BCUT2D eigenvalue weighted by Gasteiger charge is -2.20. The number of hydrogen-bond acceptors (Lipinski definition) is 7. The minimum absolute atomic E-state index is 0.0832. The maximum Gasteiger partial charge on any atom is 0.266 e. The molecule has 0 saturated heterocycles. The highest BCUT2D eigenvalue weighted by Crippen LogP contribution is 2.27. The van der Waals surface area contributed by atoms with Crippen LogP contribution in [-0.4, -0.2) is 23.5 Å². The van der Waals surface area contributed by atoms with Crippen LogP contribution in [0, 0.1) is 6.92 Å². The van der Waals surface area contributed by atoms with Crippen LogP contribution in [0.1, 0.15) is 11.4 Å². The molecular weight excluding hydrogens is 396 g/mol. The van der Waals surface area contributed by atoms with Gasteiger partial charge in [-0.15, -0.1) is 11.3 Å². The molecule has 2 heterocycles. The maximum atomic E-state index is 13.2. The van der Waals surface area contributed by atoms with Crippen LogP contribution in [0.25, 0.3) is 11.5 Å². The molecule has 0 fully saturated rings. The Hall–Kier alpha value is -3.04. The van der Waals surface area contributed by atoms with E-state index in [-0.39, 0.29) is 17.3 Å². The lowest BCUT2D eigenvalue weighted by atomic mass is 10.1. The molecule has 0 amide bonds. The molecule has 4 aromatic rings. The Morgan fingerprint density at radius 3 is 2.50 bits per heavy atom. The van der Waals surface area contributed by atoms with Crippen molar-refractivity contribution in [3.63, 3.8) is 0 Å². The first-order chi connectivity index (χ1) is 13.5. The Kier molecular flexibility index (Phi) is 4.93. The van der Waals surface area contributed by atoms with Crippen molar-refractivity contribution in [2.24, 2.45) is 0 Å². The molecule has 0 unspecified atom stereocenters. The molecule has 2 aromatic carbocycles. The second kappa shape index (κ2) is 7.53. The van der Waals surface area contributed by atoms with E-state index in [0.29, 0.717) is 11.0 Å². The lowest BCUT2D eigenvalue weighted by molar-refractivity contribution is 0.422. The normalized spacial score (nSPS) is 11.5. The third-order valence-electron chi connectivity index (χ3n) is 4.02. The fourth-order valence-electron chi connectivity index (χ4n) is 2.57. The third-order valence-corrected chi connectivity index (χ3v) is 6.68. The molecule has 0 spiro atoms. The van der Waals surface area contributed by atoms with Gasteiger partial charge in [0.15, 0.2) is 11.0 Å². The standard InChI is InChI=1S/C19H16N4O3S2/c1-14-7-9-15(10-8-14)18-21-17(22-26-18)13-23(19-20-11-12-27-19)28(24,25)16-5-3-2-4-6-16/h2-12H,13H2,1H3. The molecule has 0 aliphatic rings. The molecule has 0 bridgehead atoms. The molecule has 0 radical (unpaired) electrons. The van der Waals surface area contributed by atoms with Crippen LogP contribution in [0.2, 0.25) is 0 Å². The zero-order valence-corrected chi connectivity index (χ0v) is 16.5. The Bertz CT molecular complexity index is 1160. The molecule has 0 saturated carbocycles. The highest BCUT2D eigenvalue weighted by Gasteiger charge is 2.28. The zero-order chi connectivity index (χ0) is 19.6. The lowest BCUT2D eigenvalue weighted by Crippen LogP contribution is -2.31. The topological polar surface area (TPSA) is 89.2 Å². The minimum atomic E-state index is -3.82. The van der Waals surface area contributed by atoms with Crippen molar-refractivity contribution in [1.82, 2.24) is 15.1 Å². The summed E-state index contributed by atoms with van der Waals surface area (Å²) in [5, 5.41) is 6.01. The molecule has 0 atom stereocenters. The first-order valence-electron chi connectivity index (χ1n) is 8.41. The van der Waals surface area contributed by atoms with Gasteiger partial charge in [0.2, 0.25) is 0 Å². The van der Waals surface area contributed by atoms with Gasteiger partial charge in [-0.3, -0.25) is 0 Å². The van der Waals surface area contributed by atoms with Gasteiger partial charge < -0.3 is 4.52 Å². The summed E-state index contributed by atoms with van der Waals surface area (Å²) in [6.45, 7) is 1.91. The van der Waals surface area contributed by atoms with Crippen molar-refractivity contribution in [1.29, 1.82) is 0 Å². The van der Waals surface area contributed by atoms with E-state index in [2.05, 4.69) is 15.1 Å². The second-order valence-electron chi connectivity index (χ2n) is 6.02. The average Bonchev–Trinajstić information content (AvgIpc) is 3.39. The first-order valence-corrected chi connectivity index (χ1v) is 10.7. The molecular formula is C19H16N4O3S2. The molecule has 0 aliphatic carbocycles. The first kappa shape index (κ1) is 18.3. The SMILES string of the molecule is Cc1ccc(-c2nc(CN(c3nccs3)S(=O)(=O)c3ccccc3)no2)cc1. The molecule has 7 nitrogen and oxygen atoms in total. The van der Waals surface area contributed by atoms with Gasteiger partial charge in [-0.25, -0.2) is 17.7 Å². The summed E-state index contributed by atoms with van der Waals surface area (Å²) in [6, 6.07) is 15.9. The number of hydrogen-bond donors (Lipinski definition) is 0. The van der Waals surface area contributed by atoms with E-state index in [9.17, 15) is 8.42 Å². The van der Waals surface area contributed by atoms with Crippen LogP contribution in [0.15, 0.2) is 75.6 Å². The van der Waals surface area contributed by atoms with Crippen LogP contribution in [0.5, 0.6) is 0 Å². The van der Waals surface area contributed by atoms with Gasteiger partial charge >= 0.3 is 0 Å². The van der Waals surface area contributed by atoms with Crippen LogP contribution in [-0.2, 0) is 16.6 Å². The van der Waals surface area contributed by atoms with E-state index in [4.69, 9.17) is 4.52 Å². The summed E-state index contributed by atoms with van der Waals surface area (Å²) in [5.41, 5.74) is 1.89. The number of nitrogens with zero attached hydrogens (tertiary/aromatic N) is 4. The molecule has 9 heteroatoms. The number of rotatable bonds is 6. The summed E-state index contributed by atoms with van der Waals surface area (Å²) in [6.07, 6.45) is 1.56. The number of thiazole rings is 1. The molecule has 2 aromatic heterocycles. The molecule has 0 aliphatic heterocycles. The Morgan fingerprint density at radius 2 is 1.82 bits per heavy atom. The van der Waals surface area contributed by atoms with Gasteiger partial charge in [-0.2, -0.15) is 4.98 Å². The van der Waals surface area contributed by atoms with Crippen molar-refractivity contribution >= 4 is 26.5 Å². The number of aromatic nitrogens is 3. The highest BCUT2D eigenvalue weighted by molar-refractivity contribution is 7.93. The number of benzene rings is 2. The Morgan fingerprint density at radius 1 is 1.07 bits per heavy atom. The molecule has 28 heavy (non-hydrogen) atoms. The Labute approximate surface area is 166 Å². The number of anilines is 1. The minimum Gasteiger partial charge on any atom is -0.334 e. The Balaban J connectivity index is 1.67. The van der Waals surface area contributed by atoms with Gasteiger partial charge in [0.1, 0.15) is 6.54 Å². The predicted octanol–water partition coefficient (Wildman–Crippen LogP) is 3.90. The summed E-state index contributed by atoms with van der Waals surface area (Å²) in [4.78, 5) is 8.69. The van der Waals surface area contributed by atoms with Crippen LogP contribution in [0.3, 0.4) is 0 Å². The van der Waals surface area contributed by atoms with Gasteiger partial charge in [-0.05, 0) is 31.2 Å². The fourth-order valence-corrected chi connectivity index (χ4v) is 4.84.